The molecule has 1 amide bonds. The Bertz CT molecular complexity index is 990. The van der Waals surface area contributed by atoms with E-state index in [2.05, 4.69) is 10.2 Å². The number of rotatable bonds is 8. The topological polar surface area (TPSA) is 77.7 Å². The maximum absolute atomic E-state index is 12.5. The van der Waals surface area contributed by atoms with Crippen molar-refractivity contribution in [1.29, 1.82) is 0 Å². The molecule has 0 N–H and O–H groups in total. The molecule has 0 saturated heterocycles. The van der Waals surface area contributed by atoms with Gasteiger partial charge in [-0.25, -0.2) is 0 Å². The van der Waals surface area contributed by atoms with Gasteiger partial charge in [-0.1, -0.05) is 36.0 Å². The summed E-state index contributed by atoms with van der Waals surface area (Å²) in [6.07, 6.45) is 0. The molecular formula is C21H23N3O4S. The molecule has 2 aromatic carbocycles. The van der Waals surface area contributed by atoms with Crippen LogP contribution in [0.1, 0.15) is 11.1 Å². The number of aromatic nitrogens is 2. The van der Waals surface area contributed by atoms with Gasteiger partial charge < -0.3 is 18.8 Å². The Kier molecular flexibility index (Phi) is 6.77. The van der Waals surface area contributed by atoms with Gasteiger partial charge in [0.1, 0.15) is 11.5 Å². The van der Waals surface area contributed by atoms with Crippen molar-refractivity contribution in [2.75, 3.05) is 27.0 Å². The van der Waals surface area contributed by atoms with E-state index in [9.17, 15) is 4.79 Å². The SMILES string of the molecule is COc1ccc(-c2nnc(SCC(=O)N(C)Cc3ccccc3C)o2)c(OC)c1. The van der Waals surface area contributed by atoms with Crippen LogP contribution in [-0.4, -0.2) is 48.0 Å². The second-order valence-electron chi connectivity index (χ2n) is 6.40. The first-order valence-electron chi connectivity index (χ1n) is 8.99. The van der Waals surface area contributed by atoms with Crippen molar-refractivity contribution in [2.24, 2.45) is 0 Å². The highest BCUT2D eigenvalue weighted by molar-refractivity contribution is 7.99. The molecule has 29 heavy (non-hydrogen) atoms. The summed E-state index contributed by atoms with van der Waals surface area (Å²) in [5, 5.41) is 8.43. The minimum absolute atomic E-state index is 0.0139. The lowest BCUT2D eigenvalue weighted by Gasteiger charge is -2.17. The lowest BCUT2D eigenvalue weighted by Crippen LogP contribution is -2.28. The Morgan fingerprint density at radius 2 is 1.93 bits per heavy atom. The number of nitrogens with zero attached hydrogens (tertiary/aromatic N) is 3. The highest BCUT2D eigenvalue weighted by Gasteiger charge is 2.17. The molecule has 0 fully saturated rings. The van der Waals surface area contributed by atoms with Crippen LogP contribution in [0, 0.1) is 6.92 Å². The average Bonchev–Trinajstić information content (AvgIpc) is 3.21. The van der Waals surface area contributed by atoms with Crippen LogP contribution >= 0.6 is 11.8 Å². The number of thioether (sulfide) groups is 1. The predicted molar refractivity (Wildman–Crippen MR) is 111 cm³/mol. The van der Waals surface area contributed by atoms with E-state index in [1.807, 2.05) is 31.2 Å². The molecule has 0 unspecified atom stereocenters. The van der Waals surface area contributed by atoms with Crippen LogP contribution in [0.5, 0.6) is 11.5 Å². The highest BCUT2D eigenvalue weighted by atomic mass is 32.2. The summed E-state index contributed by atoms with van der Waals surface area (Å²) >= 11 is 1.21. The summed E-state index contributed by atoms with van der Waals surface area (Å²) in [5.41, 5.74) is 2.95. The zero-order valence-corrected chi connectivity index (χ0v) is 17.7. The van der Waals surface area contributed by atoms with Crippen LogP contribution in [-0.2, 0) is 11.3 Å². The molecule has 0 aliphatic heterocycles. The van der Waals surface area contributed by atoms with E-state index < -0.39 is 0 Å². The number of aryl methyl sites for hydroxylation is 1. The number of carbonyl (C=O) groups is 1. The molecule has 0 aliphatic rings. The Labute approximate surface area is 174 Å². The minimum atomic E-state index is -0.0139. The number of carbonyl (C=O) groups excluding carboxylic acids is 1. The van der Waals surface area contributed by atoms with Gasteiger partial charge in [-0.2, -0.15) is 0 Å². The monoisotopic (exact) mass is 413 g/mol. The summed E-state index contributed by atoms with van der Waals surface area (Å²) in [7, 11) is 4.94. The smallest absolute Gasteiger partial charge is 0.277 e. The lowest BCUT2D eigenvalue weighted by atomic mass is 10.1. The number of amides is 1. The molecule has 7 nitrogen and oxygen atoms in total. The second-order valence-corrected chi connectivity index (χ2v) is 7.33. The normalized spacial score (nSPS) is 10.6. The number of methoxy groups -OCH3 is 2. The standard InChI is InChI=1S/C21H23N3O4S/c1-14-7-5-6-8-15(14)12-24(2)19(25)13-29-21-23-22-20(28-21)17-10-9-16(26-3)11-18(17)27-4/h5-11H,12-13H2,1-4H3. The number of ether oxygens (including phenoxy) is 2. The molecule has 0 aliphatic carbocycles. The molecule has 1 aromatic heterocycles. The molecular weight excluding hydrogens is 390 g/mol. The lowest BCUT2D eigenvalue weighted by molar-refractivity contribution is -0.127. The fourth-order valence-electron chi connectivity index (χ4n) is 2.72. The van der Waals surface area contributed by atoms with Crippen molar-refractivity contribution < 1.29 is 18.7 Å². The Hall–Kier alpha value is -3.00. The number of hydrogen-bond donors (Lipinski definition) is 0. The van der Waals surface area contributed by atoms with Crippen molar-refractivity contribution in [3.63, 3.8) is 0 Å². The quantitative estimate of drug-likeness (QED) is 0.520. The van der Waals surface area contributed by atoms with Crippen LogP contribution in [0.15, 0.2) is 52.1 Å². The van der Waals surface area contributed by atoms with Crippen LogP contribution in [0.4, 0.5) is 0 Å². The summed E-state index contributed by atoms with van der Waals surface area (Å²) < 4.78 is 16.3. The Morgan fingerprint density at radius 1 is 1.14 bits per heavy atom. The molecule has 1 heterocycles. The predicted octanol–water partition coefficient (Wildman–Crippen LogP) is 3.81. The van der Waals surface area contributed by atoms with Crippen molar-refractivity contribution in [2.45, 2.75) is 18.7 Å². The maximum Gasteiger partial charge on any atom is 0.277 e. The third kappa shape index (κ3) is 5.08. The summed E-state index contributed by atoms with van der Waals surface area (Å²) in [4.78, 5) is 14.2. The van der Waals surface area contributed by atoms with Gasteiger partial charge in [0.05, 0.1) is 25.5 Å². The largest absolute Gasteiger partial charge is 0.497 e. The Balaban J connectivity index is 1.62. The fraction of sp³-hybridized carbons (Fsp3) is 0.286. The van der Waals surface area contributed by atoms with E-state index in [1.54, 1.807) is 44.4 Å². The van der Waals surface area contributed by atoms with Gasteiger partial charge in [0.15, 0.2) is 0 Å². The van der Waals surface area contributed by atoms with E-state index in [-0.39, 0.29) is 11.7 Å². The first-order valence-corrected chi connectivity index (χ1v) is 9.97. The highest BCUT2D eigenvalue weighted by Crippen LogP contribution is 2.33. The van der Waals surface area contributed by atoms with Gasteiger partial charge in [-0.15, -0.1) is 10.2 Å². The van der Waals surface area contributed by atoms with Gasteiger partial charge in [-0.05, 0) is 30.2 Å². The van der Waals surface area contributed by atoms with E-state index in [4.69, 9.17) is 13.9 Å². The van der Waals surface area contributed by atoms with Gasteiger partial charge in [-0.3, -0.25) is 4.79 Å². The summed E-state index contributed by atoms with van der Waals surface area (Å²) in [5.74, 6) is 1.76. The van der Waals surface area contributed by atoms with Crippen molar-refractivity contribution >= 4 is 17.7 Å². The summed E-state index contributed by atoms with van der Waals surface area (Å²) in [6, 6.07) is 13.4. The van der Waals surface area contributed by atoms with Crippen LogP contribution in [0.25, 0.3) is 11.5 Å². The molecule has 0 spiro atoms. The van der Waals surface area contributed by atoms with E-state index >= 15 is 0 Å². The second kappa shape index (κ2) is 9.47. The third-order valence-electron chi connectivity index (χ3n) is 4.46. The van der Waals surface area contributed by atoms with E-state index in [1.165, 1.54) is 11.8 Å². The fourth-order valence-corrected chi connectivity index (χ4v) is 3.42. The Morgan fingerprint density at radius 3 is 2.66 bits per heavy atom. The van der Waals surface area contributed by atoms with Gasteiger partial charge >= 0.3 is 0 Å². The average molecular weight is 413 g/mol. The third-order valence-corrected chi connectivity index (χ3v) is 5.26. The maximum atomic E-state index is 12.5. The van der Waals surface area contributed by atoms with Crippen molar-refractivity contribution in [3.05, 3.63) is 53.6 Å². The van der Waals surface area contributed by atoms with E-state index in [0.29, 0.717) is 34.7 Å². The molecule has 0 bridgehead atoms. The van der Waals surface area contributed by atoms with Gasteiger partial charge in [0.25, 0.3) is 11.1 Å². The molecule has 0 saturated carbocycles. The molecule has 3 rings (SSSR count). The zero-order valence-electron chi connectivity index (χ0n) is 16.8. The van der Waals surface area contributed by atoms with Crippen LogP contribution < -0.4 is 9.47 Å². The van der Waals surface area contributed by atoms with Crippen molar-refractivity contribution in [3.8, 4) is 23.0 Å². The zero-order chi connectivity index (χ0) is 20.8. The minimum Gasteiger partial charge on any atom is -0.497 e. The molecule has 0 radical (unpaired) electrons. The summed E-state index contributed by atoms with van der Waals surface area (Å²) in [6.45, 7) is 2.60. The van der Waals surface area contributed by atoms with Crippen molar-refractivity contribution in [1.82, 2.24) is 15.1 Å². The van der Waals surface area contributed by atoms with Crippen LogP contribution in [0.2, 0.25) is 0 Å². The molecule has 8 heteroatoms. The molecule has 0 atom stereocenters. The first kappa shape index (κ1) is 20.7. The van der Waals surface area contributed by atoms with Gasteiger partial charge in [0, 0.05) is 19.7 Å². The number of benzene rings is 2. The van der Waals surface area contributed by atoms with E-state index in [0.717, 1.165) is 11.1 Å². The molecule has 3 aromatic rings. The number of hydrogen-bond acceptors (Lipinski definition) is 7. The van der Waals surface area contributed by atoms with Gasteiger partial charge in [0.2, 0.25) is 5.91 Å². The first-order chi connectivity index (χ1) is 14.0. The van der Waals surface area contributed by atoms with Crippen LogP contribution in [0.3, 0.4) is 0 Å². The molecule has 152 valence electrons.